The monoisotopic (exact) mass is 350 g/mol. The van der Waals surface area contributed by atoms with Gasteiger partial charge in [0.15, 0.2) is 0 Å². The third-order valence-electron chi connectivity index (χ3n) is 5.01. The second kappa shape index (κ2) is 8.26. The summed E-state index contributed by atoms with van der Waals surface area (Å²) in [5.74, 6) is 1.72. The van der Waals surface area contributed by atoms with Crippen LogP contribution in [0.2, 0.25) is 0 Å². The average molecular weight is 351 g/mol. The summed E-state index contributed by atoms with van der Waals surface area (Å²) in [6.07, 6.45) is 4.83. The van der Waals surface area contributed by atoms with Crippen LogP contribution in [0, 0.1) is 5.92 Å². The molecule has 1 atom stereocenters. The number of nitrogens with zero attached hydrogens (tertiary/aromatic N) is 1. The average Bonchev–Trinajstić information content (AvgIpc) is 3.09. The Balaban J connectivity index is 0.00000208. The Morgan fingerprint density at radius 1 is 1.25 bits per heavy atom. The van der Waals surface area contributed by atoms with Crippen LogP contribution >= 0.6 is 12.4 Å². The number of rotatable bonds is 7. The van der Waals surface area contributed by atoms with Gasteiger partial charge in [0.1, 0.15) is 5.75 Å². The Morgan fingerprint density at radius 2 is 2.04 bits per heavy atom. The van der Waals surface area contributed by atoms with Gasteiger partial charge in [-0.1, -0.05) is 13.8 Å². The number of halogens is 1. The largest absolute Gasteiger partial charge is 0.497 e. The first-order valence-corrected chi connectivity index (χ1v) is 9.01. The molecule has 1 aromatic heterocycles. The fraction of sp³-hybridized carbons (Fsp3) is 0.600. The number of aryl methyl sites for hydroxylation is 1. The van der Waals surface area contributed by atoms with Gasteiger partial charge < -0.3 is 14.6 Å². The molecule has 4 heteroatoms. The lowest BCUT2D eigenvalue weighted by molar-refractivity contribution is 0.415. The van der Waals surface area contributed by atoms with Crippen LogP contribution in [0.1, 0.15) is 44.9 Å². The van der Waals surface area contributed by atoms with Crippen molar-refractivity contribution in [2.75, 3.05) is 13.7 Å². The number of benzene rings is 1. The van der Waals surface area contributed by atoms with Crippen molar-refractivity contribution in [3.63, 3.8) is 0 Å². The van der Waals surface area contributed by atoms with Crippen LogP contribution in [0.5, 0.6) is 5.75 Å². The first-order chi connectivity index (χ1) is 11.1. The third kappa shape index (κ3) is 3.89. The predicted octanol–water partition coefficient (Wildman–Crippen LogP) is 4.58. The molecular formula is C20H31ClN2O. The highest BCUT2D eigenvalue weighted by Crippen LogP contribution is 2.34. The normalized spacial score (nSPS) is 14.7. The predicted molar refractivity (Wildman–Crippen MR) is 105 cm³/mol. The molecule has 134 valence electrons. The fourth-order valence-electron chi connectivity index (χ4n) is 3.75. The number of ether oxygens (including phenoxy) is 1. The minimum Gasteiger partial charge on any atom is -0.497 e. The zero-order valence-corrected chi connectivity index (χ0v) is 16.2. The molecule has 0 saturated heterocycles. The van der Waals surface area contributed by atoms with E-state index in [4.69, 9.17) is 4.74 Å². The summed E-state index contributed by atoms with van der Waals surface area (Å²) in [5, 5.41) is 5.08. The lowest BCUT2D eigenvalue weighted by Gasteiger charge is -2.15. The van der Waals surface area contributed by atoms with Crippen molar-refractivity contribution in [3.05, 3.63) is 29.5 Å². The van der Waals surface area contributed by atoms with E-state index >= 15 is 0 Å². The first-order valence-electron chi connectivity index (χ1n) is 9.01. The van der Waals surface area contributed by atoms with Gasteiger partial charge in [0.2, 0.25) is 0 Å². The van der Waals surface area contributed by atoms with Crippen molar-refractivity contribution in [3.8, 4) is 5.75 Å². The van der Waals surface area contributed by atoms with Crippen LogP contribution in [0.15, 0.2) is 18.2 Å². The maximum absolute atomic E-state index is 5.45. The minimum atomic E-state index is 0. The molecule has 2 heterocycles. The number of hydrogen-bond donors (Lipinski definition) is 1. The molecule has 1 aliphatic heterocycles. The second-order valence-corrected chi connectivity index (χ2v) is 7.31. The summed E-state index contributed by atoms with van der Waals surface area (Å²) < 4.78 is 7.97. The maximum Gasteiger partial charge on any atom is 0.119 e. The number of fused-ring (bicyclic) bond motifs is 3. The zero-order valence-electron chi connectivity index (χ0n) is 15.4. The molecule has 0 aliphatic carbocycles. The van der Waals surface area contributed by atoms with Gasteiger partial charge in [-0.15, -0.1) is 12.4 Å². The minimum absolute atomic E-state index is 0. The molecule has 1 aliphatic rings. The summed E-state index contributed by atoms with van der Waals surface area (Å²) in [6.45, 7) is 9.15. The maximum atomic E-state index is 5.45. The molecular weight excluding hydrogens is 320 g/mol. The van der Waals surface area contributed by atoms with Gasteiger partial charge in [-0.2, -0.15) is 0 Å². The molecule has 1 unspecified atom stereocenters. The number of hydrogen-bond acceptors (Lipinski definition) is 2. The molecule has 3 rings (SSSR count). The Bertz CT molecular complexity index is 678. The van der Waals surface area contributed by atoms with Crippen molar-refractivity contribution in [2.45, 2.75) is 59.0 Å². The third-order valence-corrected chi connectivity index (χ3v) is 5.01. The highest BCUT2D eigenvalue weighted by molar-refractivity contribution is 5.87. The smallest absolute Gasteiger partial charge is 0.119 e. The van der Waals surface area contributed by atoms with Crippen LogP contribution < -0.4 is 10.1 Å². The van der Waals surface area contributed by atoms with Gasteiger partial charge >= 0.3 is 0 Å². The van der Waals surface area contributed by atoms with Gasteiger partial charge in [-0.05, 0) is 68.8 Å². The Kier molecular flexibility index (Phi) is 6.59. The second-order valence-electron chi connectivity index (χ2n) is 7.31. The SMILES string of the molecule is COc1ccc2c(c1)c(CC(C)NCCC(C)C)c1n2CCC1.Cl. The fourth-order valence-corrected chi connectivity index (χ4v) is 3.75. The van der Waals surface area contributed by atoms with Crippen LogP contribution in [0.3, 0.4) is 0 Å². The van der Waals surface area contributed by atoms with E-state index in [-0.39, 0.29) is 12.4 Å². The van der Waals surface area contributed by atoms with E-state index in [2.05, 4.69) is 48.9 Å². The topological polar surface area (TPSA) is 26.2 Å². The molecule has 1 aromatic carbocycles. The van der Waals surface area contributed by atoms with Crippen LogP contribution in [0.25, 0.3) is 10.9 Å². The standard InChI is InChI=1S/C20H30N2O.ClH/c1-14(2)9-10-21-15(3)12-17-18-13-16(23-4)7-8-20(18)22-11-5-6-19(17)22;/h7-8,13-15,21H,5-6,9-12H2,1-4H3;1H. The van der Waals surface area contributed by atoms with Crippen molar-refractivity contribution in [1.82, 2.24) is 9.88 Å². The lowest BCUT2D eigenvalue weighted by Crippen LogP contribution is -2.29. The van der Waals surface area contributed by atoms with Gasteiger partial charge in [0.25, 0.3) is 0 Å². The molecule has 3 nitrogen and oxygen atoms in total. The Labute approximate surface area is 152 Å². The summed E-state index contributed by atoms with van der Waals surface area (Å²) in [6, 6.07) is 7.04. The van der Waals surface area contributed by atoms with Crippen molar-refractivity contribution in [1.29, 1.82) is 0 Å². The first kappa shape index (κ1) is 19.1. The molecule has 0 fully saturated rings. The highest BCUT2D eigenvalue weighted by atomic mass is 35.5. The molecule has 0 spiro atoms. The Morgan fingerprint density at radius 3 is 2.75 bits per heavy atom. The number of nitrogens with one attached hydrogen (secondary N) is 1. The summed E-state index contributed by atoms with van der Waals surface area (Å²) in [7, 11) is 1.75. The van der Waals surface area contributed by atoms with Crippen LogP contribution in [-0.4, -0.2) is 24.3 Å². The van der Waals surface area contributed by atoms with Crippen molar-refractivity contribution < 1.29 is 4.74 Å². The zero-order chi connectivity index (χ0) is 16.4. The molecule has 2 aromatic rings. The van der Waals surface area contributed by atoms with E-state index in [1.165, 1.54) is 35.7 Å². The van der Waals surface area contributed by atoms with Crippen molar-refractivity contribution in [2.24, 2.45) is 5.92 Å². The summed E-state index contributed by atoms with van der Waals surface area (Å²) in [4.78, 5) is 0. The molecule has 0 saturated carbocycles. The molecule has 0 amide bonds. The van der Waals surface area contributed by atoms with E-state index in [1.54, 1.807) is 12.8 Å². The lowest BCUT2D eigenvalue weighted by atomic mass is 10.0. The number of aromatic nitrogens is 1. The summed E-state index contributed by atoms with van der Waals surface area (Å²) in [5.41, 5.74) is 4.45. The number of methoxy groups -OCH3 is 1. The molecule has 24 heavy (non-hydrogen) atoms. The van der Waals surface area contributed by atoms with Crippen LogP contribution in [0.4, 0.5) is 0 Å². The molecule has 0 bridgehead atoms. The van der Waals surface area contributed by atoms with Gasteiger partial charge in [-0.3, -0.25) is 0 Å². The van der Waals surface area contributed by atoms with E-state index in [0.717, 1.165) is 31.2 Å². The van der Waals surface area contributed by atoms with E-state index < -0.39 is 0 Å². The van der Waals surface area contributed by atoms with E-state index in [1.807, 2.05) is 0 Å². The van der Waals surface area contributed by atoms with Crippen molar-refractivity contribution >= 4 is 23.3 Å². The van der Waals surface area contributed by atoms with Gasteiger partial charge in [0, 0.05) is 29.2 Å². The quantitative estimate of drug-likeness (QED) is 0.790. The molecule has 1 N–H and O–H groups in total. The van der Waals surface area contributed by atoms with E-state index in [9.17, 15) is 0 Å². The van der Waals surface area contributed by atoms with E-state index in [0.29, 0.717) is 6.04 Å². The highest BCUT2D eigenvalue weighted by Gasteiger charge is 2.22. The Hall–Kier alpha value is -1.19. The summed E-state index contributed by atoms with van der Waals surface area (Å²) >= 11 is 0. The van der Waals surface area contributed by atoms with Gasteiger partial charge in [0.05, 0.1) is 7.11 Å². The van der Waals surface area contributed by atoms with Gasteiger partial charge in [-0.25, -0.2) is 0 Å². The van der Waals surface area contributed by atoms with Crippen LogP contribution in [-0.2, 0) is 19.4 Å². The molecule has 0 radical (unpaired) electrons.